The van der Waals surface area contributed by atoms with Crippen molar-refractivity contribution in [3.63, 3.8) is 0 Å². The minimum absolute atomic E-state index is 0.0579. The first kappa shape index (κ1) is 14.0. The second-order valence-electron chi connectivity index (χ2n) is 4.99. The predicted octanol–water partition coefficient (Wildman–Crippen LogP) is 0.837. The lowest BCUT2D eigenvalue weighted by molar-refractivity contribution is -0.202. The van der Waals surface area contributed by atoms with Crippen molar-refractivity contribution in [2.75, 3.05) is 26.4 Å². The highest BCUT2D eigenvalue weighted by Crippen LogP contribution is 2.32. The first-order valence-electron chi connectivity index (χ1n) is 6.11. The average molecular weight is 269 g/mol. The first-order chi connectivity index (χ1) is 8.41. The number of ether oxygens (including phenoxy) is 2. The van der Waals surface area contributed by atoms with Crippen LogP contribution < -0.4 is 5.32 Å². The Morgan fingerprint density at radius 3 is 2.78 bits per heavy atom. The molecule has 2 fully saturated rings. The highest BCUT2D eigenvalue weighted by Gasteiger charge is 2.42. The van der Waals surface area contributed by atoms with E-state index in [2.05, 4.69) is 5.32 Å². The molecule has 0 aliphatic carbocycles. The Hall–Kier alpha value is -0.370. The maximum atomic E-state index is 12.2. The number of alkyl halides is 3. The topological polar surface area (TPSA) is 50.7 Å². The second-order valence-corrected chi connectivity index (χ2v) is 4.99. The van der Waals surface area contributed by atoms with Gasteiger partial charge in [-0.1, -0.05) is 0 Å². The molecular weight excluding hydrogens is 251 g/mol. The van der Waals surface area contributed by atoms with Crippen LogP contribution in [0.1, 0.15) is 19.3 Å². The summed E-state index contributed by atoms with van der Waals surface area (Å²) < 4.78 is 47.5. The van der Waals surface area contributed by atoms with Gasteiger partial charge in [-0.15, -0.1) is 0 Å². The second kappa shape index (κ2) is 5.32. The van der Waals surface area contributed by atoms with Gasteiger partial charge in [-0.3, -0.25) is 0 Å². The van der Waals surface area contributed by atoms with Gasteiger partial charge in [0.1, 0.15) is 0 Å². The molecule has 0 aromatic rings. The lowest BCUT2D eigenvalue weighted by Gasteiger charge is -2.37. The van der Waals surface area contributed by atoms with Crippen LogP contribution in [0.4, 0.5) is 13.2 Å². The van der Waals surface area contributed by atoms with Gasteiger partial charge >= 0.3 is 6.18 Å². The number of aliphatic hydroxyl groups excluding tert-OH is 1. The van der Waals surface area contributed by atoms with Gasteiger partial charge in [0.2, 0.25) is 0 Å². The lowest BCUT2D eigenvalue weighted by atomic mass is 9.89. The third kappa shape index (κ3) is 3.34. The lowest BCUT2D eigenvalue weighted by Crippen LogP contribution is -2.50. The van der Waals surface area contributed by atoms with Crippen LogP contribution in [0.15, 0.2) is 0 Å². The van der Waals surface area contributed by atoms with Crippen molar-refractivity contribution in [2.24, 2.45) is 0 Å². The molecule has 2 rings (SSSR count). The van der Waals surface area contributed by atoms with Crippen LogP contribution in [0.2, 0.25) is 0 Å². The zero-order chi connectivity index (χ0) is 13.2. The van der Waals surface area contributed by atoms with E-state index in [1.807, 2.05) is 0 Å². The van der Waals surface area contributed by atoms with E-state index >= 15 is 0 Å². The summed E-state index contributed by atoms with van der Waals surface area (Å²) in [6.45, 7) is 1.19. The fourth-order valence-corrected chi connectivity index (χ4v) is 2.46. The fourth-order valence-electron chi connectivity index (χ4n) is 2.46. The molecule has 7 heteroatoms. The summed E-state index contributed by atoms with van der Waals surface area (Å²) in [5, 5.41) is 11.7. The Morgan fingerprint density at radius 1 is 1.39 bits per heavy atom. The maximum Gasteiger partial charge on any atom is 0.415 e. The smallest absolute Gasteiger partial charge is 0.382 e. The third-order valence-electron chi connectivity index (χ3n) is 3.54. The Kier molecular flexibility index (Phi) is 4.15. The van der Waals surface area contributed by atoms with Crippen LogP contribution >= 0.6 is 0 Å². The van der Waals surface area contributed by atoms with Crippen LogP contribution in [-0.4, -0.2) is 55.4 Å². The molecule has 2 N–H and O–H groups in total. The number of hydrogen-bond acceptors (Lipinski definition) is 4. The number of rotatable bonds is 3. The van der Waals surface area contributed by atoms with Gasteiger partial charge in [-0.05, 0) is 12.8 Å². The van der Waals surface area contributed by atoms with Crippen LogP contribution in [0.3, 0.4) is 0 Å². The number of hydrogen-bond donors (Lipinski definition) is 2. The summed E-state index contributed by atoms with van der Waals surface area (Å²) in [7, 11) is 0. The predicted molar refractivity (Wildman–Crippen MR) is 57.2 cm³/mol. The molecule has 3 unspecified atom stereocenters. The quantitative estimate of drug-likeness (QED) is 0.797. The van der Waals surface area contributed by atoms with Crippen LogP contribution in [0, 0.1) is 0 Å². The summed E-state index contributed by atoms with van der Waals surface area (Å²) in [6.07, 6.45) is -4.79. The van der Waals surface area contributed by atoms with Crippen molar-refractivity contribution >= 4 is 0 Å². The molecule has 0 aromatic carbocycles. The molecule has 18 heavy (non-hydrogen) atoms. The van der Waals surface area contributed by atoms with Crippen molar-refractivity contribution in [3.05, 3.63) is 0 Å². The van der Waals surface area contributed by atoms with Crippen LogP contribution in [0.5, 0.6) is 0 Å². The molecule has 2 heterocycles. The van der Waals surface area contributed by atoms with E-state index in [1.165, 1.54) is 0 Å². The summed E-state index contributed by atoms with van der Waals surface area (Å²) in [4.78, 5) is 0. The van der Waals surface area contributed by atoms with Crippen LogP contribution in [-0.2, 0) is 9.47 Å². The van der Waals surface area contributed by atoms with Crippen molar-refractivity contribution in [3.8, 4) is 0 Å². The van der Waals surface area contributed by atoms with E-state index in [-0.39, 0.29) is 11.6 Å². The van der Waals surface area contributed by atoms with E-state index < -0.39 is 18.8 Å². The molecule has 4 nitrogen and oxygen atoms in total. The largest absolute Gasteiger partial charge is 0.415 e. The summed E-state index contributed by atoms with van der Waals surface area (Å²) >= 11 is 0. The highest BCUT2D eigenvalue weighted by atomic mass is 19.4. The van der Waals surface area contributed by atoms with Gasteiger partial charge in [0, 0.05) is 32.2 Å². The van der Waals surface area contributed by atoms with Gasteiger partial charge in [0.05, 0.1) is 12.2 Å². The number of halogens is 3. The minimum atomic E-state index is -4.56. The van der Waals surface area contributed by atoms with Gasteiger partial charge in [-0.25, -0.2) is 0 Å². The van der Waals surface area contributed by atoms with Gasteiger partial charge < -0.3 is 19.9 Å². The summed E-state index contributed by atoms with van der Waals surface area (Å²) in [6, 6.07) is -0.0579. The summed E-state index contributed by atoms with van der Waals surface area (Å²) in [5.41, 5.74) is -0.334. The molecular formula is C11H18F3NO3. The van der Waals surface area contributed by atoms with Gasteiger partial charge in [0.15, 0.2) is 6.10 Å². The minimum Gasteiger partial charge on any atom is -0.382 e. The molecule has 0 radical (unpaired) electrons. The summed E-state index contributed by atoms with van der Waals surface area (Å²) in [5.74, 6) is 0. The molecule has 2 aliphatic heterocycles. The van der Waals surface area contributed by atoms with E-state index in [1.54, 1.807) is 0 Å². The monoisotopic (exact) mass is 269 g/mol. The number of nitrogens with one attached hydrogen (secondary N) is 1. The Labute approximate surface area is 103 Å². The molecule has 106 valence electrons. The van der Waals surface area contributed by atoms with Crippen molar-refractivity contribution in [2.45, 2.75) is 43.2 Å². The third-order valence-corrected chi connectivity index (χ3v) is 3.54. The fraction of sp³-hybridized carbons (Fsp3) is 1.00. The zero-order valence-electron chi connectivity index (χ0n) is 10.0. The van der Waals surface area contributed by atoms with Crippen molar-refractivity contribution < 1.29 is 27.8 Å². The Balaban J connectivity index is 1.79. The first-order valence-corrected chi connectivity index (χ1v) is 6.11. The van der Waals surface area contributed by atoms with E-state index in [0.29, 0.717) is 32.7 Å². The number of aliphatic hydroxyl groups is 1. The molecule has 1 spiro atoms. The van der Waals surface area contributed by atoms with Gasteiger partial charge in [-0.2, -0.15) is 13.2 Å². The molecule has 2 aliphatic rings. The van der Waals surface area contributed by atoms with Gasteiger partial charge in [0.25, 0.3) is 0 Å². The molecule has 0 amide bonds. The Bertz CT molecular complexity index is 279. The SMILES string of the molecule is OC(CNC1CCOC2(CCOC2)C1)C(F)(F)F. The van der Waals surface area contributed by atoms with E-state index in [9.17, 15) is 13.2 Å². The average Bonchev–Trinajstić information content (AvgIpc) is 2.73. The molecule has 2 saturated heterocycles. The maximum absolute atomic E-state index is 12.2. The van der Waals surface area contributed by atoms with Crippen molar-refractivity contribution in [1.29, 1.82) is 0 Å². The van der Waals surface area contributed by atoms with Crippen LogP contribution in [0.25, 0.3) is 0 Å². The molecule has 0 bridgehead atoms. The van der Waals surface area contributed by atoms with Crippen molar-refractivity contribution in [1.82, 2.24) is 5.32 Å². The van der Waals surface area contributed by atoms with E-state index in [4.69, 9.17) is 14.6 Å². The molecule has 3 atom stereocenters. The molecule has 0 saturated carbocycles. The Morgan fingerprint density at radius 2 is 2.17 bits per heavy atom. The zero-order valence-corrected chi connectivity index (χ0v) is 10.0. The van der Waals surface area contributed by atoms with E-state index in [0.717, 1.165) is 6.42 Å². The standard InChI is InChI=1S/C11H18F3NO3/c12-11(13,14)9(16)6-15-8-1-3-18-10(5-8)2-4-17-7-10/h8-9,15-16H,1-7H2. The highest BCUT2D eigenvalue weighted by molar-refractivity contribution is 4.93. The normalized spacial score (nSPS) is 35.0. The molecule has 0 aromatic heterocycles.